The summed E-state index contributed by atoms with van der Waals surface area (Å²) in [5.74, 6) is 6.27. The maximum absolute atomic E-state index is 5.54. The molecule has 0 spiro atoms. The van der Waals surface area contributed by atoms with Crippen molar-refractivity contribution < 1.29 is 4.74 Å². The van der Waals surface area contributed by atoms with Crippen molar-refractivity contribution >= 4 is 21.7 Å². The number of hydrogen-bond donors (Lipinski definition) is 2. The van der Waals surface area contributed by atoms with Crippen LogP contribution in [0.25, 0.3) is 0 Å². The molecule has 5 nitrogen and oxygen atoms in total. The van der Waals surface area contributed by atoms with Gasteiger partial charge in [0.2, 0.25) is 5.88 Å². The van der Waals surface area contributed by atoms with Crippen molar-refractivity contribution in [3.8, 4) is 5.88 Å². The summed E-state index contributed by atoms with van der Waals surface area (Å²) in [6.45, 7) is 4.02. The van der Waals surface area contributed by atoms with E-state index in [1.54, 1.807) is 0 Å². The minimum absolute atomic E-state index is 0.117. The Kier molecular flexibility index (Phi) is 4.09. The van der Waals surface area contributed by atoms with Gasteiger partial charge in [-0.15, -0.1) is 0 Å². The summed E-state index contributed by atoms with van der Waals surface area (Å²) in [4.78, 5) is 7.92. The van der Waals surface area contributed by atoms with Gasteiger partial charge >= 0.3 is 0 Å². The minimum atomic E-state index is 0.117. The summed E-state index contributed by atoms with van der Waals surface area (Å²) in [5.41, 5.74) is 2.45. The third-order valence-corrected chi connectivity index (χ3v) is 2.50. The first-order valence-electron chi connectivity index (χ1n) is 4.32. The zero-order valence-corrected chi connectivity index (χ0v) is 9.71. The van der Waals surface area contributed by atoms with Crippen LogP contribution in [-0.2, 0) is 0 Å². The summed E-state index contributed by atoms with van der Waals surface area (Å²) in [6, 6.07) is 0. The van der Waals surface area contributed by atoms with Crippen molar-refractivity contribution in [2.75, 3.05) is 5.43 Å². The maximum Gasteiger partial charge on any atom is 0.233 e. The molecule has 3 N–H and O–H groups in total. The number of halogens is 1. The molecule has 1 atom stereocenters. The standard InChI is InChI=1S/C8H13BrN4O/c1-3-5(2)14-8-6(9)7(13-10)11-4-12-8/h4-5H,3,10H2,1-2H3,(H,11,12,13). The van der Waals surface area contributed by atoms with E-state index in [2.05, 4.69) is 31.3 Å². The molecule has 14 heavy (non-hydrogen) atoms. The van der Waals surface area contributed by atoms with Crippen molar-refractivity contribution in [2.45, 2.75) is 26.4 Å². The van der Waals surface area contributed by atoms with E-state index in [4.69, 9.17) is 10.6 Å². The second kappa shape index (κ2) is 5.11. The number of hydrazine groups is 1. The monoisotopic (exact) mass is 260 g/mol. The number of nitrogen functional groups attached to an aromatic ring is 1. The molecule has 0 aliphatic heterocycles. The molecule has 0 aliphatic rings. The van der Waals surface area contributed by atoms with Gasteiger partial charge < -0.3 is 10.2 Å². The molecule has 0 aromatic carbocycles. The molecule has 1 unspecified atom stereocenters. The summed E-state index contributed by atoms with van der Waals surface area (Å²) in [6.07, 6.45) is 2.44. The fourth-order valence-corrected chi connectivity index (χ4v) is 1.22. The molecule has 1 rings (SSSR count). The van der Waals surface area contributed by atoms with E-state index >= 15 is 0 Å². The van der Waals surface area contributed by atoms with E-state index in [0.29, 0.717) is 16.2 Å². The van der Waals surface area contributed by atoms with E-state index in [0.717, 1.165) is 6.42 Å². The van der Waals surface area contributed by atoms with Crippen LogP contribution in [0.1, 0.15) is 20.3 Å². The van der Waals surface area contributed by atoms with Gasteiger partial charge in [-0.3, -0.25) is 0 Å². The predicted molar refractivity (Wildman–Crippen MR) is 57.9 cm³/mol. The zero-order chi connectivity index (χ0) is 10.6. The van der Waals surface area contributed by atoms with Gasteiger partial charge in [-0.25, -0.2) is 15.8 Å². The van der Waals surface area contributed by atoms with Gasteiger partial charge in [0.1, 0.15) is 10.8 Å². The largest absolute Gasteiger partial charge is 0.474 e. The van der Waals surface area contributed by atoms with Gasteiger partial charge in [-0.2, -0.15) is 0 Å². The first kappa shape index (κ1) is 11.2. The van der Waals surface area contributed by atoms with Crippen LogP contribution in [0.3, 0.4) is 0 Å². The minimum Gasteiger partial charge on any atom is -0.474 e. The van der Waals surface area contributed by atoms with Crippen LogP contribution in [0.15, 0.2) is 10.8 Å². The molecular weight excluding hydrogens is 248 g/mol. The Hall–Kier alpha value is -0.880. The molecule has 0 aliphatic carbocycles. The lowest BCUT2D eigenvalue weighted by Crippen LogP contribution is -2.14. The lowest BCUT2D eigenvalue weighted by molar-refractivity contribution is 0.207. The number of ether oxygens (including phenoxy) is 1. The summed E-state index contributed by atoms with van der Waals surface area (Å²) in [5, 5.41) is 0. The summed E-state index contributed by atoms with van der Waals surface area (Å²) in [7, 11) is 0. The van der Waals surface area contributed by atoms with E-state index in [1.165, 1.54) is 6.33 Å². The lowest BCUT2D eigenvalue weighted by Gasteiger charge is -2.13. The highest BCUT2D eigenvalue weighted by molar-refractivity contribution is 9.10. The van der Waals surface area contributed by atoms with E-state index in [-0.39, 0.29) is 6.10 Å². The number of anilines is 1. The topological polar surface area (TPSA) is 73.1 Å². The molecular formula is C8H13BrN4O. The average Bonchev–Trinajstić information content (AvgIpc) is 2.21. The third-order valence-electron chi connectivity index (χ3n) is 1.78. The first-order valence-corrected chi connectivity index (χ1v) is 5.12. The normalized spacial score (nSPS) is 12.3. The van der Waals surface area contributed by atoms with Crippen LogP contribution >= 0.6 is 15.9 Å². The smallest absolute Gasteiger partial charge is 0.233 e. The van der Waals surface area contributed by atoms with Gasteiger partial charge in [-0.1, -0.05) is 6.92 Å². The highest BCUT2D eigenvalue weighted by Crippen LogP contribution is 2.28. The Labute approximate surface area is 91.2 Å². The Balaban J connectivity index is 2.86. The number of nitrogens with zero attached hydrogens (tertiary/aromatic N) is 2. The molecule has 0 bridgehead atoms. The number of hydrogen-bond acceptors (Lipinski definition) is 5. The Morgan fingerprint density at radius 3 is 2.93 bits per heavy atom. The lowest BCUT2D eigenvalue weighted by atomic mass is 10.3. The van der Waals surface area contributed by atoms with Crippen molar-refractivity contribution in [1.82, 2.24) is 9.97 Å². The predicted octanol–water partition coefficient (Wildman–Crippen LogP) is 1.70. The molecule has 0 saturated heterocycles. The van der Waals surface area contributed by atoms with Crippen LogP contribution in [0.4, 0.5) is 5.82 Å². The molecule has 0 amide bonds. The molecule has 0 radical (unpaired) electrons. The van der Waals surface area contributed by atoms with E-state index in [1.807, 2.05) is 13.8 Å². The summed E-state index contributed by atoms with van der Waals surface area (Å²) >= 11 is 3.31. The number of aromatic nitrogens is 2. The first-order chi connectivity index (χ1) is 6.69. The Morgan fingerprint density at radius 2 is 2.36 bits per heavy atom. The number of rotatable bonds is 4. The quantitative estimate of drug-likeness (QED) is 0.637. The van der Waals surface area contributed by atoms with Crippen LogP contribution < -0.4 is 16.0 Å². The van der Waals surface area contributed by atoms with Crippen LogP contribution in [-0.4, -0.2) is 16.1 Å². The SMILES string of the molecule is CCC(C)Oc1ncnc(NN)c1Br. The Bertz CT molecular complexity index is 307. The number of nitrogens with one attached hydrogen (secondary N) is 1. The molecule has 1 heterocycles. The molecule has 1 aromatic heterocycles. The second-order valence-corrected chi connectivity index (χ2v) is 3.62. The fourth-order valence-electron chi connectivity index (χ4n) is 0.810. The van der Waals surface area contributed by atoms with E-state index in [9.17, 15) is 0 Å². The molecule has 78 valence electrons. The van der Waals surface area contributed by atoms with Crippen molar-refractivity contribution in [2.24, 2.45) is 5.84 Å². The molecule has 1 aromatic rings. The highest BCUT2D eigenvalue weighted by Gasteiger charge is 2.10. The number of nitrogens with two attached hydrogens (primary N) is 1. The van der Waals surface area contributed by atoms with Crippen LogP contribution in [0.2, 0.25) is 0 Å². The van der Waals surface area contributed by atoms with Gasteiger partial charge in [0.15, 0.2) is 5.82 Å². The van der Waals surface area contributed by atoms with Gasteiger partial charge in [-0.05, 0) is 29.3 Å². The van der Waals surface area contributed by atoms with Gasteiger partial charge in [0.05, 0.1) is 6.10 Å². The Morgan fingerprint density at radius 1 is 1.64 bits per heavy atom. The summed E-state index contributed by atoms with van der Waals surface area (Å²) < 4.78 is 6.18. The maximum atomic E-state index is 5.54. The van der Waals surface area contributed by atoms with Gasteiger partial charge in [0, 0.05) is 0 Å². The van der Waals surface area contributed by atoms with Crippen molar-refractivity contribution in [3.05, 3.63) is 10.8 Å². The van der Waals surface area contributed by atoms with Crippen molar-refractivity contribution in [3.63, 3.8) is 0 Å². The fraction of sp³-hybridized carbons (Fsp3) is 0.500. The van der Waals surface area contributed by atoms with Gasteiger partial charge in [0.25, 0.3) is 0 Å². The van der Waals surface area contributed by atoms with Crippen LogP contribution in [0, 0.1) is 0 Å². The third kappa shape index (κ3) is 2.55. The molecule has 0 saturated carbocycles. The van der Waals surface area contributed by atoms with E-state index < -0.39 is 0 Å². The van der Waals surface area contributed by atoms with Crippen molar-refractivity contribution in [1.29, 1.82) is 0 Å². The zero-order valence-electron chi connectivity index (χ0n) is 8.12. The molecule has 6 heteroatoms. The average molecular weight is 261 g/mol. The molecule has 0 fully saturated rings. The van der Waals surface area contributed by atoms with Crippen LogP contribution in [0.5, 0.6) is 5.88 Å². The highest BCUT2D eigenvalue weighted by atomic mass is 79.9. The second-order valence-electron chi connectivity index (χ2n) is 2.82.